The van der Waals surface area contributed by atoms with Crippen molar-refractivity contribution in [2.75, 3.05) is 13.4 Å². The second kappa shape index (κ2) is 7.94. The number of benzene rings is 2. The smallest absolute Gasteiger partial charge is 0.331 e. The maximum absolute atomic E-state index is 11.9. The largest absolute Gasteiger partial charge is 0.493 e. The molecule has 5 nitrogen and oxygen atoms in total. The van der Waals surface area contributed by atoms with Gasteiger partial charge in [-0.2, -0.15) is 0 Å². The van der Waals surface area contributed by atoms with Gasteiger partial charge in [0.1, 0.15) is 12.4 Å². The van der Waals surface area contributed by atoms with Crippen LogP contribution in [0.2, 0.25) is 5.02 Å². The fourth-order valence-corrected chi connectivity index (χ4v) is 2.66. The standard InChI is InChI=1S/C19H17ClO5/c1-2-22-16-6-4-3-5-14(16)7-8-18(21)23-11-13-9-15(20)19-17(10-13)24-12-25-19/h3-10H,2,11-12H2,1H3. The Kier molecular flexibility index (Phi) is 5.46. The third kappa shape index (κ3) is 4.25. The van der Waals surface area contributed by atoms with E-state index in [0.29, 0.717) is 23.1 Å². The summed E-state index contributed by atoms with van der Waals surface area (Å²) in [6, 6.07) is 10.9. The van der Waals surface area contributed by atoms with Crippen LogP contribution < -0.4 is 14.2 Å². The average molecular weight is 361 g/mol. The third-order valence-electron chi connectivity index (χ3n) is 3.49. The molecule has 2 aromatic carbocycles. The van der Waals surface area contributed by atoms with Gasteiger partial charge in [-0.3, -0.25) is 0 Å². The number of fused-ring (bicyclic) bond motifs is 1. The zero-order chi connectivity index (χ0) is 17.6. The van der Waals surface area contributed by atoms with Crippen molar-refractivity contribution in [2.45, 2.75) is 13.5 Å². The van der Waals surface area contributed by atoms with Gasteiger partial charge in [0.25, 0.3) is 0 Å². The van der Waals surface area contributed by atoms with Crippen LogP contribution in [-0.2, 0) is 16.1 Å². The summed E-state index contributed by atoms with van der Waals surface area (Å²) in [7, 11) is 0. The molecule has 0 radical (unpaired) electrons. The molecule has 25 heavy (non-hydrogen) atoms. The Morgan fingerprint density at radius 3 is 2.96 bits per heavy atom. The van der Waals surface area contributed by atoms with Crippen molar-refractivity contribution in [3.8, 4) is 17.2 Å². The van der Waals surface area contributed by atoms with Gasteiger partial charge in [0.15, 0.2) is 11.5 Å². The van der Waals surface area contributed by atoms with Crippen LogP contribution in [0.25, 0.3) is 6.08 Å². The second-order valence-corrected chi connectivity index (χ2v) is 5.63. The number of hydrogen-bond acceptors (Lipinski definition) is 5. The molecule has 0 N–H and O–H groups in total. The van der Waals surface area contributed by atoms with Crippen LogP contribution in [0.5, 0.6) is 17.2 Å². The van der Waals surface area contributed by atoms with E-state index in [9.17, 15) is 4.79 Å². The molecule has 0 bridgehead atoms. The minimum atomic E-state index is -0.458. The maximum Gasteiger partial charge on any atom is 0.331 e. The number of esters is 1. The lowest BCUT2D eigenvalue weighted by Gasteiger charge is -2.07. The summed E-state index contributed by atoms with van der Waals surface area (Å²) < 4.78 is 21.3. The predicted molar refractivity (Wildman–Crippen MR) is 94.0 cm³/mol. The monoisotopic (exact) mass is 360 g/mol. The van der Waals surface area contributed by atoms with E-state index < -0.39 is 5.97 Å². The molecule has 0 fully saturated rings. The minimum Gasteiger partial charge on any atom is -0.493 e. The highest BCUT2D eigenvalue weighted by molar-refractivity contribution is 6.32. The number of para-hydroxylation sites is 1. The molecule has 0 amide bonds. The molecule has 130 valence electrons. The molecule has 1 aliphatic heterocycles. The Morgan fingerprint density at radius 1 is 1.28 bits per heavy atom. The number of carbonyl (C=O) groups is 1. The molecule has 0 saturated carbocycles. The maximum atomic E-state index is 11.9. The SMILES string of the molecule is CCOc1ccccc1C=CC(=O)OCc1cc(Cl)c2c(c1)OCO2. The first-order valence-electron chi connectivity index (χ1n) is 7.82. The van der Waals surface area contributed by atoms with Gasteiger partial charge < -0.3 is 18.9 Å². The highest BCUT2D eigenvalue weighted by Gasteiger charge is 2.18. The molecule has 6 heteroatoms. The van der Waals surface area contributed by atoms with Crippen LogP contribution in [0, 0.1) is 0 Å². The number of carbonyl (C=O) groups excluding carboxylic acids is 1. The number of ether oxygens (including phenoxy) is 4. The molecule has 2 aromatic rings. The van der Waals surface area contributed by atoms with Crippen LogP contribution >= 0.6 is 11.6 Å². The van der Waals surface area contributed by atoms with Gasteiger partial charge in [-0.15, -0.1) is 0 Å². The highest BCUT2D eigenvalue weighted by Crippen LogP contribution is 2.39. The van der Waals surface area contributed by atoms with Crippen LogP contribution in [0.1, 0.15) is 18.1 Å². The molecule has 1 aliphatic rings. The van der Waals surface area contributed by atoms with E-state index >= 15 is 0 Å². The van der Waals surface area contributed by atoms with Crippen molar-refractivity contribution in [3.63, 3.8) is 0 Å². The summed E-state index contributed by atoms with van der Waals surface area (Å²) in [5.41, 5.74) is 1.54. The first-order chi connectivity index (χ1) is 12.2. The first kappa shape index (κ1) is 17.2. The van der Waals surface area contributed by atoms with E-state index in [1.165, 1.54) is 6.08 Å². The van der Waals surface area contributed by atoms with Gasteiger partial charge in [0, 0.05) is 11.6 Å². The minimum absolute atomic E-state index is 0.0899. The van der Waals surface area contributed by atoms with Crippen molar-refractivity contribution in [1.82, 2.24) is 0 Å². The zero-order valence-electron chi connectivity index (χ0n) is 13.7. The number of halogens is 1. The quantitative estimate of drug-likeness (QED) is 0.570. The lowest BCUT2D eigenvalue weighted by atomic mass is 10.2. The van der Waals surface area contributed by atoms with Crippen LogP contribution in [0.3, 0.4) is 0 Å². The van der Waals surface area contributed by atoms with Gasteiger partial charge in [-0.1, -0.05) is 29.8 Å². The number of rotatable bonds is 6. The molecule has 0 saturated heterocycles. The van der Waals surface area contributed by atoms with E-state index in [0.717, 1.165) is 16.9 Å². The van der Waals surface area contributed by atoms with Crippen molar-refractivity contribution >= 4 is 23.6 Å². The topological polar surface area (TPSA) is 54.0 Å². The molecule has 0 aromatic heterocycles. The fraction of sp³-hybridized carbons (Fsp3) is 0.211. The normalized spacial score (nSPS) is 12.4. The summed E-state index contributed by atoms with van der Waals surface area (Å²) in [4.78, 5) is 11.9. The molecule has 3 rings (SSSR count). The van der Waals surface area contributed by atoms with Crippen molar-refractivity contribution in [1.29, 1.82) is 0 Å². The Morgan fingerprint density at radius 2 is 2.12 bits per heavy atom. The van der Waals surface area contributed by atoms with E-state index in [-0.39, 0.29) is 13.4 Å². The number of hydrogen-bond donors (Lipinski definition) is 0. The van der Waals surface area contributed by atoms with Crippen LogP contribution in [-0.4, -0.2) is 19.4 Å². The summed E-state index contributed by atoms with van der Waals surface area (Å²) in [5, 5.41) is 0.433. The molecule has 0 aliphatic carbocycles. The van der Waals surface area contributed by atoms with E-state index in [4.69, 9.17) is 30.5 Å². The van der Waals surface area contributed by atoms with Crippen LogP contribution in [0.4, 0.5) is 0 Å². The second-order valence-electron chi connectivity index (χ2n) is 5.22. The third-order valence-corrected chi connectivity index (χ3v) is 3.77. The van der Waals surface area contributed by atoms with Crippen molar-refractivity contribution < 1.29 is 23.7 Å². The average Bonchev–Trinajstić information content (AvgIpc) is 3.09. The molecular formula is C19H17ClO5. The molecule has 0 atom stereocenters. The summed E-state index contributed by atoms with van der Waals surface area (Å²) >= 11 is 6.11. The first-order valence-corrected chi connectivity index (χ1v) is 8.20. The molecule has 0 spiro atoms. The van der Waals surface area contributed by atoms with E-state index in [2.05, 4.69) is 0 Å². The van der Waals surface area contributed by atoms with Crippen molar-refractivity contribution in [3.05, 3.63) is 58.6 Å². The van der Waals surface area contributed by atoms with Crippen LogP contribution in [0.15, 0.2) is 42.5 Å². The van der Waals surface area contributed by atoms with E-state index in [1.54, 1.807) is 18.2 Å². The predicted octanol–water partition coefficient (Wildman–Crippen LogP) is 4.22. The summed E-state index contributed by atoms with van der Waals surface area (Å²) in [5.74, 6) is 1.33. The lowest BCUT2D eigenvalue weighted by molar-refractivity contribution is -0.138. The Balaban J connectivity index is 1.61. The van der Waals surface area contributed by atoms with Gasteiger partial charge in [0.05, 0.1) is 11.6 Å². The summed E-state index contributed by atoms with van der Waals surface area (Å²) in [6.07, 6.45) is 3.03. The van der Waals surface area contributed by atoms with Gasteiger partial charge in [-0.25, -0.2) is 4.79 Å². The molecule has 1 heterocycles. The fourth-order valence-electron chi connectivity index (χ4n) is 2.37. The summed E-state index contributed by atoms with van der Waals surface area (Å²) in [6.45, 7) is 2.69. The van der Waals surface area contributed by atoms with E-state index in [1.807, 2.05) is 31.2 Å². The lowest BCUT2D eigenvalue weighted by Crippen LogP contribution is -2.01. The van der Waals surface area contributed by atoms with Crippen molar-refractivity contribution in [2.24, 2.45) is 0 Å². The zero-order valence-corrected chi connectivity index (χ0v) is 14.4. The Hall–Kier alpha value is -2.66. The Bertz CT molecular complexity index is 800. The highest BCUT2D eigenvalue weighted by atomic mass is 35.5. The van der Waals surface area contributed by atoms with Gasteiger partial charge >= 0.3 is 5.97 Å². The van der Waals surface area contributed by atoms with Gasteiger partial charge in [0.2, 0.25) is 6.79 Å². The Labute approximate surface area is 150 Å². The van der Waals surface area contributed by atoms with Gasteiger partial charge in [-0.05, 0) is 36.8 Å². The molecule has 0 unspecified atom stereocenters. The molecular weight excluding hydrogens is 344 g/mol.